The van der Waals surface area contributed by atoms with Crippen LogP contribution in [0.25, 0.3) is 0 Å². The Bertz CT molecular complexity index is 555. The van der Waals surface area contributed by atoms with E-state index >= 15 is 0 Å². The molecule has 0 spiro atoms. The molecule has 0 atom stereocenters. The van der Waals surface area contributed by atoms with Gasteiger partial charge in [-0.1, -0.05) is 29.8 Å². The van der Waals surface area contributed by atoms with Crippen LogP contribution in [0.2, 0.25) is 5.02 Å². The van der Waals surface area contributed by atoms with Gasteiger partial charge in [0.15, 0.2) is 0 Å². The Morgan fingerprint density at radius 1 is 1.15 bits per heavy atom. The fourth-order valence-electron chi connectivity index (χ4n) is 1.99. The van der Waals surface area contributed by atoms with E-state index in [1.54, 1.807) is 6.33 Å². The summed E-state index contributed by atoms with van der Waals surface area (Å²) < 4.78 is 0. The third kappa shape index (κ3) is 3.61. The molecular weight excluding hydrogens is 272 g/mol. The highest BCUT2D eigenvalue weighted by Crippen LogP contribution is 2.18. The molecule has 0 unspecified atom stereocenters. The largest absolute Gasteiger partial charge is 0.366 e. The maximum absolute atomic E-state index is 6.14. The average Bonchev–Trinajstić information content (AvgIpc) is 2.48. The molecule has 106 valence electrons. The molecule has 0 radical (unpaired) electrons. The first-order valence-electron chi connectivity index (χ1n) is 6.78. The minimum atomic E-state index is 0.647. The molecule has 2 rings (SSSR count). The summed E-state index contributed by atoms with van der Waals surface area (Å²) in [6.07, 6.45) is 1.59. The number of aromatic nitrogens is 2. The van der Waals surface area contributed by atoms with Crippen LogP contribution in [-0.4, -0.2) is 23.1 Å². The van der Waals surface area contributed by atoms with Gasteiger partial charge in [0, 0.05) is 30.7 Å². The molecule has 2 aromatic rings. The maximum Gasteiger partial charge on any atom is 0.134 e. The highest BCUT2D eigenvalue weighted by molar-refractivity contribution is 6.31. The molecule has 0 saturated heterocycles. The lowest BCUT2D eigenvalue weighted by Crippen LogP contribution is -2.23. The van der Waals surface area contributed by atoms with E-state index in [2.05, 4.69) is 34.0 Å². The van der Waals surface area contributed by atoms with E-state index in [0.29, 0.717) is 6.54 Å². The van der Waals surface area contributed by atoms with Crippen molar-refractivity contribution >= 4 is 23.2 Å². The average molecular weight is 291 g/mol. The number of anilines is 2. The number of benzene rings is 1. The van der Waals surface area contributed by atoms with Crippen molar-refractivity contribution in [2.45, 2.75) is 20.4 Å². The normalized spacial score (nSPS) is 10.3. The third-order valence-electron chi connectivity index (χ3n) is 3.16. The zero-order valence-corrected chi connectivity index (χ0v) is 12.6. The summed E-state index contributed by atoms with van der Waals surface area (Å²) >= 11 is 6.14. The summed E-state index contributed by atoms with van der Waals surface area (Å²) in [5, 5.41) is 4.05. The van der Waals surface area contributed by atoms with Gasteiger partial charge in [-0.3, -0.25) is 0 Å². The second kappa shape index (κ2) is 7.10. The minimum Gasteiger partial charge on any atom is -0.366 e. The molecule has 0 saturated carbocycles. The van der Waals surface area contributed by atoms with E-state index in [-0.39, 0.29) is 0 Å². The monoisotopic (exact) mass is 290 g/mol. The standard InChI is InChI=1S/C15H19ClN4/c1-3-20(4-2)15-9-14(18-11-19-15)17-10-12-7-5-6-8-13(12)16/h5-9,11H,3-4,10H2,1-2H3,(H,17,18,19). The van der Waals surface area contributed by atoms with Crippen molar-refractivity contribution in [3.63, 3.8) is 0 Å². The first kappa shape index (κ1) is 14.6. The first-order valence-corrected chi connectivity index (χ1v) is 7.16. The van der Waals surface area contributed by atoms with E-state index in [4.69, 9.17) is 11.6 Å². The van der Waals surface area contributed by atoms with Crippen LogP contribution in [0.5, 0.6) is 0 Å². The Kier molecular flexibility index (Phi) is 5.18. The van der Waals surface area contributed by atoms with Crippen LogP contribution in [-0.2, 0) is 6.54 Å². The van der Waals surface area contributed by atoms with Crippen LogP contribution in [0.1, 0.15) is 19.4 Å². The van der Waals surface area contributed by atoms with Gasteiger partial charge >= 0.3 is 0 Å². The molecule has 0 aliphatic heterocycles. The summed E-state index contributed by atoms with van der Waals surface area (Å²) in [6, 6.07) is 9.75. The van der Waals surface area contributed by atoms with Crippen molar-refractivity contribution in [2.24, 2.45) is 0 Å². The summed E-state index contributed by atoms with van der Waals surface area (Å²) in [5.74, 6) is 1.74. The van der Waals surface area contributed by atoms with Crippen molar-refractivity contribution in [3.05, 3.63) is 47.2 Å². The molecule has 1 aromatic heterocycles. The molecule has 20 heavy (non-hydrogen) atoms. The van der Waals surface area contributed by atoms with E-state index in [9.17, 15) is 0 Å². The summed E-state index contributed by atoms with van der Waals surface area (Å²) in [5.41, 5.74) is 1.05. The van der Waals surface area contributed by atoms with Gasteiger partial charge in [-0.15, -0.1) is 0 Å². The van der Waals surface area contributed by atoms with E-state index in [0.717, 1.165) is 35.3 Å². The van der Waals surface area contributed by atoms with E-state index in [1.165, 1.54) is 0 Å². The highest BCUT2D eigenvalue weighted by Gasteiger charge is 2.05. The molecule has 1 aromatic carbocycles. The van der Waals surface area contributed by atoms with Crippen molar-refractivity contribution < 1.29 is 0 Å². The highest BCUT2D eigenvalue weighted by atomic mass is 35.5. The number of rotatable bonds is 6. The minimum absolute atomic E-state index is 0.647. The van der Waals surface area contributed by atoms with Gasteiger partial charge in [-0.25, -0.2) is 9.97 Å². The van der Waals surface area contributed by atoms with Gasteiger partial charge in [0.25, 0.3) is 0 Å². The van der Waals surface area contributed by atoms with Crippen molar-refractivity contribution in [2.75, 3.05) is 23.3 Å². The molecule has 0 bridgehead atoms. The van der Waals surface area contributed by atoms with Crippen molar-refractivity contribution in [3.8, 4) is 0 Å². The molecule has 0 aliphatic rings. The van der Waals surface area contributed by atoms with Gasteiger partial charge in [-0.05, 0) is 25.5 Å². The fourth-order valence-corrected chi connectivity index (χ4v) is 2.19. The Balaban J connectivity index is 2.07. The maximum atomic E-state index is 6.14. The van der Waals surface area contributed by atoms with E-state index in [1.807, 2.05) is 30.3 Å². The van der Waals surface area contributed by atoms with Crippen LogP contribution in [0, 0.1) is 0 Å². The zero-order valence-electron chi connectivity index (χ0n) is 11.8. The molecule has 5 heteroatoms. The van der Waals surface area contributed by atoms with Crippen molar-refractivity contribution in [1.82, 2.24) is 9.97 Å². The Labute approximate surface area is 124 Å². The molecular formula is C15H19ClN4. The summed E-state index contributed by atoms with van der Waals surface area (Å²) in [7, 11) is 0. The molecule has 1 N–H and O–H groups in total. The Morgan fingerprint density at radius 3 is 2.60 bits per heavy atom. The fraction of sp³-hybridized carbons (Fsp3) is 0.333. The van der Waals surface area contributed by atoms with Gasteiger partial charge in [0.1, 0.15) is 18.0 Å². The Morgan fingerprint density at radius 2 is 1.90 bits per heavy atom. The third-order valence-corrected chi connectivity index (χ3v) is 3.53. The molecule has 0 fully saturated rings. The second-order valence-corrected chi connectivity index (χ2v) is 4.79. The molecule has 4 nitrogen and oxygen atoms in total. The summed E-state index contributed by atoms with van der Waals surface area (Å²) in [4.78, 5) is 10.7. The van der Waals surface area contributed by atoms with Gasteiger partial charge in [0.05, 0.1) is 0 Å². The summed E-state index contributed by atoms with van der Waals surface area (Å²) in [6.45, 7) is 6.73. The van der Waals surface area contributed by atoms with Crippen LogP contribution in [0.3, 0.4) is 0 Å². The SMILES string of the molecule is CCN(CC)c1cc(NCc2ccccc2Cl)ncn1. The number of nitrogens with zero attached hydrogens (tertiary/aromatic N) is 3. The first-order chi connectivity index (χ1) is 9.74. The predicted octanol–water partition coefficient (Wildman–Crippen LogP) is 3.59. The van der Waals surface area contributed by atoms with Gasteiger partial charge in [-0.2, -0.15) is 0 Å². The topological polar surface area (TPSA) is 41.0 Å². The van der Waals surface area contributed by atoms with Crippen LogP contribution in [0.4, 0.5) is 11.6 Å². The lowest BCUT2D eigenvalue weighted by molar-refractivity contribution is 0.841. The van der Waals surface area contributed by atoms with Crippen LogP contribution < -0.4 is 10.2 Å². The molecule has 0 amide bonds. The lowest BCUT2D eigenvalue weighted by atomic mass is 10.2. The molecule has 1 heterocycles. The van der Waals surface area contributed by atoms with Crippen LogP contribution >= 0.6 is 11.6 Å². The predicted molar refractivity (Wildman–Crippen MR) is 84.4 cm³/mol. The Hall–Kier alpha value is -1.81. The van der Waals surface area contributed by atoms with E-state index < -0.39 is 0 Å². The molecule has 0 aliphatic carbocycles. The number of nitrogens with one attached hydrogen (secondary N) is 1. The zero-order chi connectivity index (χ0) is 14.4. The van der Waals surface area contributed by atoms with Crippen LogP contribution in [0.15, 0.2) is 36.7 Å². The lowest BCUT2D eigenvalue weighted by Gasteiger charge is -2.19. The van der Waals surface area contributed by atoms with Gasteiger partial charge in [0.2, 0.25) is 0 Å². The number of hydrogen-bond acceptors (Lipinski definition) is 4. The second-order valence-electron chi connectivity index (χ2n) is 4.38. The number of hydrogen-bond donors (Lipinski definition) is 1. The quantitative estimate of drug-likeness (QED) is 0.883. The number of halogens is 1. The van der Waals surface area contributed by atoms with Crippen molar-refractivity contribution in [1.29, 1.82) is 0 Å². The van der Waals surface area contributed by atoms with Gasteiger partial charge < -0.3 is 10.2 Å². The smallest absolute Gasteiger partial charge is 0.134 e.